The van der Waals surface area contributed by atoms with Crippen molar-refractivity contribution in [2.45, 2.75) is 45.1 Å². The molecule has 2 aliphatic rings. The van der Waals surface area contributed by atoms with Gasteiger partial charge in [0.15, 0.2) is 0 Å². The highest BCUT2D eigenvalue weighted by atomic mass is 127. The Morgan fingerprint density at radius 3 is 2.80 bits per heavy atom. The van der Waals surface area contributed by atoms with Gasteiger partial charge in [-0.05, 0) is 51.0 Å². The first-order valence-corrected chi connectivity index (χ1v) is 9.87. The van der Waals surface area contributed by atoms with Crippen LogP contribution in [0.3, 0.4) is 0 Å². The molecule has 1 spiro atoms. The summed E-state index contributed by atoms with van der Waals surface area (Å²) in [7, 11) is 0. The normalized spacial score (nSPS) is 26.1. The maximum absolute atomic E-state index is 4.67. The van der Waals surface area contributed by atoms with Gasteiger partial charge in [-0.3, -0.25) is 0 Å². The standard InChI is InChI=1S/C17H24IN7/c1-12-8-20-16(23-14-9-21-25(18)10-14)24-15(12)22-13-2-4-17(5-3-13)6-7-19-11-17/h8-10,13,19H,2-7,11H2,1H3,(H2,20,22,23,24). The minimum Gasteiger partial charge on any atom is -0.367 e. The lowest BCUT2D eigenvalue weighted by molar-refractivity contribution is 0.206. The van der Waals surface area contributed by atoms with Crippen molar-refractivity contribution in [2.24, 2.45) is 5.41 Å². The highest BCUT2D eigenvalue weighted by molar-refractivity contribution is 14.1. The smallest absolute Gasteiger partial charge is 0.229 e. The molecule has 7 nitrogen and oxygen atoms in total. The summed E-state index contributed by atoms with van der Waals surface area (Å²) in [5, 5.41) is 14.5. The van der Waals surface area contributed by atoms with Crippen molar-refractivity contribution in [1.82, 2.24) is 23.3 Å². The van der Waals surface area contributed by atoms with Crippen LogP contribution in [0, 0.1) is 12.3 Å². The van der Waals surface area contributed by atoms with Crippen LogP contribution < -0.4 is 16.0 Å². The summed E-state index contributed by atoms with van der Waals surface area (Å²) in [6.07, 6.45) is 11.9. The van der Waals surface area contributed by atoms with Gasteiger partial charge in [0.2, 0.25) is 5.95 Å². The molecule has 0 bridgehead atoms. The molecule has 1 aliphatic heterocycles. The van der Waals surface area contributed by atoms with Crippen molar-refractivity contribution in [3.05, 3.63) is 24.2 Å². The van der Waals surface area contributed by atoms with Crippen molar-refractivity contribution >= 4 is 40.3 Å². The lowest BCUT2D eigenvalue weighted by Crippen LogP contribution is -2.35. The van der Waals surface area contributed by atoms with E-state index < -0.39 is 0 Å². The number of aromatic nitrogens is 4. The van der Waals surface area contributed by atoms with Crippen LogP contribution in [0.15, 0.2) is 18.6 Å². The molecule has 1 saturated heterocycles. The van der Waals surface area contributed by atoms with Gasteiger partial charge >= 0.3 is 0 Å². The van der Waals surface area contributed by atoms with Gasteiger partial charge in [-0.2, -0.15) is 10.1 Å². The average Bonchev–Trinajstić information content (AvgIpc) is 3.22. The fourth-order valence-corrected chi connectivity index (χ4v) is 4.36. The Morgan fingerprint density at radius 2 is 2.12 bits per heavy atom. The molecule has 25 heavy (non-hydrogen) atoms. The average molecular weight is 453 g/mol. The molecule has 1 saturated carbocycles. The van der Waals surface area contributed by atoms with E-state index in [4.69, 9.17) is 0 Å². The van der Waals surface area contributed by atoms with Gasteiger partial charge in [0.05, 0.1) is 40.9 Å². The van der Waals surface area contributed by atoms with Crippen LogP contribution in [0.4, 0.5) is 17.5 Å². The van der Waals surface area contributed by atoms with Gasteiger partial charge < -0.3 is 16.0 Å². The van der Waals surface area contributed by atoms with Crippen LogP contribution in [0.25, 0.3) is 0 Å². The maximum Gasteiger partial charge on any atom is 0.229 e. The predicted octanol–water partition coefficient (Wildman–Crippen LogP) is 3.26. The van der Waals surface area contributed by atoms with E-state index in [0.29, 0.717) is 17.4 Å². The number of rotatable bonds is 4. The number of halogens is 1. The van der Waals surface area contributed by atoms with E-state index in [9.17, 15) is 0 Å². The zero-order valence-corrected chi connectivity index (χ0v) is 16.6. The number of aryl methyl sites for hydroxylation is 1. The second-order valence-corrected chi connectivity index (χ2v) is 8.30. The number of anilines is 3. The molecule has 0 aromatic carbocycles. The van der Waals surface area contributed by atoms with Crippen molar-refractivity contribution in [3.8, 4) is 0 Å². The van der Waals surface area contributed by atoms with Crippen molar-refractivity contribution in [3.63, 3.8) is 0 Å². The molecule has 0 amide bonds. The minimum absolute atomic E-state index is 0.504. The Balaban J connectivity index is 1.41. The van der Waals surface area contributed by atoms with Crippen molar-refractivity contribution < 1.29 is 0 Å². The summed E-state index contributed by atoms with van der Waals surface area (Å²) in [4.78, 5) is 9.06. The number of hydrogen-bond acceptors (Lipinski definition) is 6. The molecule has 2 aromatic rings. The number of hydrogen-bond donors (Lipinski definition) is 3. The monoisotopic (exact) mass is 453 g/mol. The largest absolute Gasteiger partial charge is 0.367 e. The highest BCUT2D eigenvalue weighted by Gasteiger charge is 2.37. The molecule has 0 atom stereocenters. The Hall–Kier alpha value is -1.42. The molecular weight excluding hydrogens is 429 g/mol. The van der Waals surface area contributed by atoms with E-state index in [1.54, 1.807) is 9.09 Å². The summed E-state index contributed by atoms with van der Waals surface area (Å²) in [5.41, 5.74) is 2.53. The molecule has 8 heteroatoms. The number of nitrogens with zero attached hydrogens (tertiary/aromatic N) is 4. The second kappa shape index (κ2) is 7.06. The molecule has 4 rings (SSSR count). The maximum atomic E-state index is 4.67. The Bertz CT molecular complexity index is 728. The quantitative estimate of drug-likeness (QED) is 0.617. The lowest BCUT2D eigenvalue weighted by Gasteiger charge is -2.37. The minimum atomic E-state index is 0.504. The SMILES string of the molecule is Cc1cnc(Nc2cnn(I)c2)nc1NC1CCC2(CCNC2)CC1. The zero-order chi connectivity index (χ0) is 17.3. The van der Waals surface area contributed by atoms with E-state index >= 15 is 0 Å². The van der Waals surface area contributed by atoms with Crippen LogP contribution >= 0.6 is 22.9 Å². The van der Waals surface area contributed by atoms with E-state index in [0.717, 1.165) is 17.1 Å². The molecular formula is C17H24IN7. The fourth-order valence-electron chi connectivity index (χ4n) is 3.93. The third-order valence-electron chi connectivity index (χ3n) is 5.50. The predicted molar refractivity (Wildman–Crippen MR) is 107 cm³/mol. The lowest BCUT2D eigenvalue weighted by atomic mass is 9.72. The Labute approximate surface area is 161 Å². The van der Waals surface area contributed by atoms with Crippen molar-refractivity contribution in [1.29, 1.82) is 0 Å². The van der Waals surface area contributed by atoms with Crippen molar-refractivity contribution in [2.75, 3.05) is 23.7 Å². The first-order chi connectivity index (χ1) is 12.1. The van der Waals surface area contributed by atoms with Gasteiger partial charge in [-0.15, -0.1) is 0 Å². The molecule has 3 N–H and O–H groups in total. The summed E-state index contributed by atoms with van der Waals surface area (Å²) in [6, 6.07) is 0.504. The van der Waals surface area contributed by atoms with Gasteiger partial charge in [-0.1, -0.05) is 0 Å². The van der Waals surface area contributed by atoms with Gasteiger partial charge in [0.25, 0.3) is 0 Å². The first kappa shape index (κ1) is 17.0. The summed E-state index contributed by atoms with van der Waals surface area (Å²) in [5.74, 6) is 1.54. The molecule has 1 aliphatic carbocycles. The van der Waals surface area contributed by atoms with Crippen LogP contribution in [-0.4, -0.2) is 37.1 Å². The topological polar surface area (TPSA) is 79.7 Å². The molecule has 0 unspecified atom stereocenters. The molecule has 134 valence electrons. The Kier molecular flexibility index (Phi) is 4.81. The van der Waals surface area contributed by atoms with E-state index in [1.165, 1.54) is 45.2 Å². The summed E-state index contributed by atoms with van der Waals surface area (Å²) >= 11 is 2.11. The zero-order valence-electron chi connectivity index (χ0n) is 14.4. The molecule has 3 heterocycles. The Morgan fingerprint density at radius 1 is 1.28 bits per heavy atom. The van der Waals surface area contributed by atoms with Crippen LogP contribution in [0.2, 0.25) is 0 Å². The first-order valence-electron chi connectivity index (χ1n) is 8.91. The van der Waals surface area contributed by atoms with E-state index in [1.807, 2.05) is 12.4 Å². The summed E-state index contributed by atoms with van der Waals surface area (Å²) < 4.78 is 1.73. The van der Waals surface area contributed by atoms with Crippen LogP contribution in [-0.2, 0) is 0 Å². The molecule has 2 aromatic heterocycles. The summed E-state index contributed by atoms with van der Waals surface area (Å²) in [6.45, 7) is 4.44. The van der Waals surface area contributed by atoms with E-state index in [2.05, 4.69) is 60.8 Å². The second-order valence-electron chi connectivity index (χ2n) is 7.31. The molecule has 2 fully saturated rings. The van der Waals surface area contributed by atoms with Crippen LogP contribution in [0.5, 0.6) is 0 Å². The highest BCUT2D eigenvalue weighted by Crippen LogP contribution is 2.41. The van der Waals surface area contributed by atoms with E-state index in [-0.39, 0.29) is 0 Å². The molecule has 0 radical (unpaired) electrons. The van der Waals surface area contributed by atoms with Gasteiger partial charge in [-0.25, -0.2) is 7.88 Å². The fraction of sp³-hybridized carbons (Fsp3) is 0.588. The third-order valence-corrected chi connectivity index (χ3v) is 6.03. The van der Waals surface area contributed by atoms with Crippen LogP contribution in [0.1, 0.15) is 37.7 Å². The third kappa shape index (κ3) is 3.89. The number of nitrogens with one attached hydrogen (secondary N) is 3. The van der Waals surface area contributed by atoms with Gasteiger partial charge in [0.1, 0.15) is 5.82 Å². The van der Waals surface area contributed by atoms with Gasteiger partial charge in [0, 0.05) is 24.3 Å².